The van der Waals surface area contributed by atoms with Crippen LogP contribution in [0.3, 0.4) is 0 Å². The highest BCUT2D eigenvalue weighted by molar-refractivity contribution is 6.30. The number of carbonyl (C=O) groups is 1. The van der Waals surface area contributed by atoms with Gasteiger partial charge in [0.1, 0.15) is 5.82 Å². The normalized spacial score (nSPS) is 16.3. The molecule has 154 valence electrons. The number of oxime groups is 1. The van der Waals surface area contributed by atoms with Crippen molar-refractivity contribution in [3.8, 4) is 0 Å². The first-order chi connectivity index (χ1) is 13.7. The van der Waals surface area contributed by atoms with Crippen molar-refractivity contribution in [2.45, 2.75) is 46.3 Å². The second-order valence-electron chi connectivity index (χ2n) is 8.62. The van der Waals surface area contributed by atoms with E-state index in [1.54, 1.807) is 11.0 Å². The molecule has 1 aliphatic heterocycles. The summed E-state index contributed by atoms with van der Waals surface area (Å²) in [6.07, 6.45) is 0.687. The Morgan fingerprint density at radius 3 is 2.69 bits per heavy atom. The third-order valence-corrected chi connectivity index (χ3v) is 4.85. The smallest absolute Gasteiger partial charge is 0.223 e. The lowest BCUT2D eigenvalue weighted by atomic mass is 9.91. The van der Waals surface area contributed by atoms with E-state index in [1.807, 2.05) is 51.1 Å². The predicted octanol–water partition coefficient (Wildman–Crippen LogP) is 5.44. The lowest BCUT2D eigenvalue weighted by molar-refractivity contribution is -0.135. The van der Waals surface area contributed by atoms with Crippen LogP contribution in [0.4, 0.5) is 4.39 Å². The van der Waals surface area contributed by atoms with Crippen molar-refractivity contribution in [2.75, 3.05) is 6.54 Å². The summed E-state index contributed by atoms with van der Waals surface area (Å²) in [5.74, 6) is -0.253. The maximum absolute atomic E-state index is 13.5. The van der Waals surface area contributed by atoms with E-state index in [9.17, 15) is 9.18 Å². The molecule has 1 amide bonds. The van der Waals surface area contributed by atoms with Gasteiger partial charge in [-0.2, -0.15) is 0 Å². The number of benzene rings is 2. The van der Waals surface area contributed by atoms with Crippen LogP contribution in [0, 0.1) is 11.2 Å². The van der Waals surface area contributed by atoms with Gasteiger partial charge >= 0.3 is 0 Å². The van der Waals surface area contributed by atoms with E-state index in [4.69, 9.17) is 16.4 Å². The Bertz CT molecular complexity index is 908. The average Bonchev–Trinajstić information content (AvgIpc) is 3.08. The second-order valence-corrected chi connectivity index (χ2v) is 9.06. The molecule has 0 aliphatic carbocycles. The number of hydrogen-bond acceptors (Lipinski definition) is 3. The Morgan fingerprint density at radius 2 is 2.00 bits per heavy atom. The number of nitrogens with zero attached hydrogens (tertiary/aromatic N) is 2. The molecule has 0 saturated carbocycles. The van der Waals surface area contributed by atoms with E-state index in [0.29, 0.717) is 42.2 Å². The fraction of sp³-hybridized carbons (Fsp3) is 0.391. The Balaban J connectivity index is 1.70. The molecule has 6 heteroatoms. The fourth-order valence-corrected chi connectivity index (χ4v) is 3.50. The van der Waals surface area contributed by atoms with Gasteiger partial charge in [-0.1, -0.05) is 61.8 Å². The summed E-state index contributed by atoms with van der Waals surface area (Å²) in [7, 11) is 0. The average molecular weight is 417 g/mol. The molecule has 1 aliphatic rings. The van der Waals surface area contributed by atoms with E-state index >= 15 is 0 Å². The maximum atomic E-state index is 13.5. The molecule has 0 unspecified atom stereocenters. The molecule has 0 fully saturated rings. The molecule has 3 rings (SSSR count). The zero-order valence-corrected chi connectivity index (χ0v) is 17.7. The van der Waals surface area contributed by atoms with Crippen molar-refractivity contribution >= 4 is 23.2 Å². The highest BCUT2D eigenvalue weighted by atomic mass is 35.5. The minimum atomic E-state index is -0.309. The minimum absolute atomic E-state index is 0.0558. The lowest BCUT2D eigenvalue weighted by Gasteiger charge is -2.28. The highest BCUT2D eigenvalue weighted by Crippen LogP contribution is 2.24. The van der Waals surface area contributed by atoms with Crippen molar-refractivity contribution in [1.82, 2.24) is 4.90 Å². The number of amides is 1. The van der Waals surface area contributed by atoms with Gasteiger partial charge in [0.2, 0.25) is 5.91 Å². The Kier molecular flexibility index (Phi) is 6.58. The van der Waals surface area contributed by atoms with E-state index in [1.165, 1.54) is 12.1 Å². The van der Waals surface area contributed by atoms with Crippen LogP contribution in [0.5, 0.6) is 0 Å². The number of hydrogen-bond donors (Lipinski definition) is 0. The van der Waals surface area contributed by atoms with Gasteiger partial charge in [0.05, 0.1) is 12.3 Å². The summed E-state index contributed by atoms with van der Waals surface area (Å²) >= 11 is 6.11. The van der Waals surface area contributed by atoms with Gasteiger partial charge in [-0.15, -0.1) is 0 Å². The SMILES string of the molecule is CC(C)(C)CC(=O)N(Cc1cccc(Cl)c1)C[C@@H]1CC(c2cccc(F)c2)=NO1. The molecule has 1 atom stereocenters. The fourth-order valence-electron chi connectivity index (χ4n) is 3.29. The topological polar surface area (TPSA) is 41.9 Å². The molecule has 4 nitrogen and oxygen atoms in total. The van der Waals surface area contributed by atoms with Crippen molar-refractivity contribution in [1.29, 1.82) is 0 Å². The zero-order chi connectivity index (χ0) is 21.0. The van der Waals surface area contributed by atoms with Crippen LogP contribution in [0.15, 0.2) is 53.7 Å². The van der Waals surface area contributed by atoms with Gasteiger partial charge in [-0.25, -0.2) is 4.39 Å². The van der Waals surface area contributed by atoms with E-state index in [0.717, 1.165) is 5.56 Å². The summed E-state index contributed by atoms with van der Waals surface area (Å²) < 4.78 is 13.5. The van der Waals surface area contributed by atoms with Crippen molar-refractivity contribution in [3.05, 3.63) is 70.5 Å². The van der Waals surface area contributed by atoms with Crippen LogP contribution in [-0.4, -0.2) is 29.2 Å². The third kappa shape index (κ3) is 6.29. The first-order valence-corrected chi connectivity index (χ1v) is 10.1. The number of rotatable bonds is 6. The summed E-state index contributed by atoms with van der Waals surface area (Å²) in [4.78, 5) is 20.4. The minimum Gasteiger partial charge on any atom is -0.390 e. The summed E-state index contributed by atoms with van der Waals surface area (Å²) in [6.45, 7) is 6.98. The van der Waals surface area contributed by atoms with Gasteiger partial charge in [-0.05, 0) is 35.2 Å². The van der Waals surface area contributed by atoms with Crippen LogP contribution in [0.25, 0.3) is 0 Å². The molecule has 0 aromatic heterocycles. The molecule has 0 radical (unpaired) electrons. The maximum Gasteiger partial charge on any atom is 0.223 e. The van der Waals surface area contributed by atoms with E-state index < -0.39 is 0 Å². The molecule has 0 N–H and O–H groups in total. The van der Waals surface area contributed by atoms with Gasteiger partial charge in [-0.3, -0.25) is 4.79 Å². The standard InChI is InChI=1S/C23H26ClFN2O2/c1-23(2,3)13-22(28)27(14-16-6-4-8-18(24)10-16)15-20-12-21(26-29-20)17-7-5-9-19(25)11-17/h4-11,20H,12-15H2,1-3H3/t20-/m0/s1. The van der Waals surface area contributed by atoms with Gasteiger partial charge in [0.25, 0.3) is 0 Å². The van der Waals surface area contributed by atoms with E-state index in [2.05, 4.69) is 5.16 Å². The molecule has 0 spiro atoms. The molecule has 2 aromatic carbocycles. The van der Waals surface area contributed by atoms with Crippen LogP contribution < -0.4 is 0 Å². The van der Waals surface area contributed by atoms with Gasteiger partial charge in [0, 0.05) is 30.0 Å². The lowest BCUT2D eigenvalue weighted by Crippen LogP contribution is -2.38. The Labute approximate surface area is 176 Å². The highest BCUT2D eigenvalue weighted by Gasteiger charge is 2.28. The second kappa shape index (κ2) is 8.95. The summed E-state index contributed by atoms with van der Waals surface area (Å²) in [6, 6.07) is 13.8. The van der Waals surface area contributed by atoms with Gasteiger partial charge < -0.3 is 9.74 Å². The largest absolute Gasteiger partial charge is 0.390 e. The first kappa shape index (κ1) is 21.3. The molecule has 29 heavy (non-hydrogen) atoms. The Hall–Kier alpha value is -2.40. The summed E-state index contributed by atoms with van der Waals surface area (Å²) in [5, 5.41) is 4.77. The quantitative estimate of drug-likeness (QED) is 0.629. The van der Waals surface area contributed by atoms with Crippen molar-refractivity contribution < 1.29 is 14.0 Å². The molecular formula is C23H26ClFN2O2. The molecular weight excluding hydrogens is 391 g/mol. The zero-order valence-electron chi connectivity index (χ0n) is 17.0. The molecule has 0 bridgehead atoms. The van der Waals surface area contributed by atoms with E-state index in [-0.39, 0.29) is 23.2 Å². The Morgan fingerprint density at radius 1 is 1.24 bits per heavy atom. The van der Waals surface area contributed by atoms with Gasteiger partial charge in [0.15, 0.2) is 6.10 Å². The van der Waals surface area contributed by atoms with Crippen LogP contribution in [0.2, 0.25) is 5.02 Å². The molecule has 1 heterocycles. The molecule has 0 saturated heterocycles. The van der Waals surface area contributed by atoms with Crippen LogP contribution >= 0.6 is 11.6 Å². The monoisotopic (exact) mass is 416 g/mol. The number of carbonyl (C=O) groups excluding carboxylic acids is 1. The predicted molar refractivity (Wildman–Crippen MR) is 113 cm³/mol. The van der Waals surface area contributed by atoms with Crippen molar-refractivity contribution in [2.24, 2.45) is 10.6 Å². The first-order valence-electron chi connectivity index (χ1n) is 9.70. The van der Waals surface area contributed by atoms with Crippen LogP contribution in [-0.2, 0) is 16.2 Å². The number of halogens is 2. The molecule has 2 aromatic rings. The van der Waals surface area contributed by atoms with Crippen molar-refractivity contribution in [3.63, 3.8) is 0 Å². The summed E-state index contributed by atoms with van der Waals surface area (Å²) in [5.41, 5.74) is 2.24. The third-order valence-electron chi connectivity index (χ3n) is 4.61. The van der Waals surface area contributed by atoms with Crippen LogP contribution in [0.1, 0.15) is 44.7 Å².